The minimum Gasteiger partial charge on any atom is -0.476 e. The van der Waals surface area contributed by atoms with E-state index in [1.165, 1.54) is 9.21 Å². The highest BCUT2D eigenvalue weighted by atomic mass is 35.5. The molecule has 26 heavy (non-hydrogen) atoms. The molecule has 0 fully saturated rings. The first-order valence-electron chi connectivity index (χ1n) is 7.98. The molecule has 0 aliphatic carbocycles. The van der Waals surface area contributed by atoms with Gasteiger partial charge in [-0.2, -0.15) is 0 Å². The summed E-state index contributed by atoms with van der Waals surface area (Å²) in [6.07, 6.45) is 0.213. The average molecular weight is 395 g/mol. The molecule has 1 amide bonds. The van der Waals surface area contributed by atoms with Gasteiger partial charge in [-0.15, -0.1) is 0 Å². The Morgan fingerprint density at radius 2 is 1.88 bits per heavy atom. The Morgan fingerprint density at radius 3 is 2.54 bits per heavy atom. The van der Waals surface area contributed by atoms with Gasteiger partial charge < -0.3 is 9.64 Å². The number of nitrogens with zero attached hydrogens (tertiary/aromatic N) is 2. The monoisotopic (exact) mass is 394 g/mol. The third-order valence-electron chi connectivity index (χ3n) is 4.12. The largest absolute Gasteiger partial charge is 0.476 e. The summed E-state index contributed by atoms with van der Waals surface area (Å²) in [5.41, 5.74) is 1.36. The lowest BCUT2D eigenvalue weighted by atomic mass is 10.2. The van der Waals surface area contributed by atoms with E-state index in [0.717, 1.165) is 11.8 Å². The summed E-state index contributed by atoms with van der Waals surface area (Å²) in [6.45, 7) is 0.315. The van der Waals surface area contributed by atoms with Crippen molar-refractivity contribution in [3.63, 3.8) is 0 Å². The van der Waals surface area contributed by atoms with E-state index in [1.54, 1.807) is 43.4 Å². The molecule has 0 saturated heterocycles. The van der Waals surface area contributed by atoms with Crippen LogP contribution in [0.3, 0.4) is 0 Å². The van der Waals surface area contributed by atoms with Crippen LogP contribution in [0.5, 0.6) is 5.75 Å². The number of anilines is 1. The molecule has 6 nitrogen and oxygen atoms in total. The lowest BCUT2D eigenvalue weighted by Crippen LogP contribution is -2.50. The minimum atomic E-state index is -3.53. The standard InChI is InChI=1S/C18H19ClN2O4S/c1-20(11-13-7-9-14(19)10-8-13)18(22)17-12-21(26(2,23)24)15-5-3-4-6-16(15)25-17/h3-10,17H,11-12H2,1-2H3/t17-/m1/s1. The van der Waals surface area contributed by atoms with Crippen LogP contribution in [0.2, 0.25) is 5.02 Å². The van der Waals surface area contributed by atoms with Crippen LogP contribution in [0, 0.1) is 0 Å². The van der Waals surface area contributed by atoms with Crippen LogP contribution in [-0.4, -0.2) is 45.2 Å². The van der Waals surface area contributed by atoms with Crippen molar-refractivity contribution in [3.8, 4) is 5.75 Å². The summed E-state index contributed by atoms with van der Waals surface area (Å²) in [4.78, 5) is 14.3. The van der Waals surface area contributed by atoms with E-state index in [1.807, 2.05) is 12.1 Å². The molecule has 1 atom stereocenters. The van der Waals surface area contributed by atoms with Gasteiger partial charge in [0.1, 0.15) is 5.75 Å². The summed E-state index contributed by atoms with van der Waals surface area (Å²) in [7, 11) is -1.87. The molecule has 1 heterocycles. The van der Waals surface area contributed by atoms with Crippen molar-refractivity contribution in [2.75, 3.05) is 24.2 Å². The Labute approximate surface area is 158 Å². The lowest BCUT2D eigenvalue weighted by Gasteiger charge is -2.35. The number of ether oxygens (including phenoxy) is 1. The lowest BCUT2D eigenvalue weighted by molar-refractivity contribution is -0.137. The molecule has 3 rings (SSSR count). The Kier molecular flexibility index (Phi) is 5.11. The summed E-state index contributed by atoms with van der Waals surface area (Å²) in [6, 6.07) is 14.0. The molecule has 1 aliphatic rings. The molecule has 0 spiro atoms. The highest BCUT2D eigenvalue weighted by molar-refractivity contribution is 7.92. The van der Waals surface area contributed by atoms with Gasteiger partial charge in [0.05, 0.1) is 18.5 Å². The SMILES string of the molecule is CN(Cc1ccc(Cl)cc1)C(=O)[C@H]1CN(S(C)(=O)=O)c2ccccc2O1. The van der Waals surface area contributed by atoms with E-state index >= 15 is 0 Å². The number of likely N-dealkylation sites (N-methyl/N-ethyl adjacent to an activating group) is 1. The van der Waals surface area contributed by atoms with Gasteiger partial charge in [0.2, 0.25) is 10.0 Å². The number of para-hydroxylation sites is 2. The second-order valence-corrected chi connectivity index (χ2v) is 8.53. The number of halogens is 1. The first-order chi connectivity index (χ1) is 12.3. The average Bonchev–Trinajstić information content (AvgIpc) is 2.61. The number of benzene rings is 2. The molecular formula is C18H19ClN2O4S. The van der Waals surface area contributed by atoms with Crippen LogP contribution in [0.4, 0.5) is 5.69 Å². The van der Waals surface area contributed by atoms with Crippen molar-refractivity contribution in [2.45, 2.75) is 12.6 Å². The summed E-state index contributed by atoms with van der Waals surface area (Å²) >= 11 is 5.88. The zero-order chi connectivity index (χ0) is 18.9. The van der Waals surface area contributed by atoms with E-state index in [-0.39, 0.29) is 12.5 Å². The van der Waals surface area contributed by atoms with Gasteiger partial charge in [-0.1, -0.05) is 35.9 Å². The van der Waals surface area contributed by atoms with E-state index in [4.69, 9.17) is 16.3 Å². The van der Waals surface area contributed by atoms with Crippen molar-refractivity contribution >= 4 is 33.2 Å². The summed E-state index contributed by atoms with van der Waals surface area (Å²) in [5, 5.41) is 0.624. The normalized spacial score (nSPS) is 16.6. The molecule has 0 saturated carbocycles. The molecule has 1 aliphatic heterocycles. The van der Waals surface area contributed by atoms with Gasteiger partial charge in [0.25, 0.3) is 5.91 Å². The molecule has 0 N–H and O–H groups in total. The second-order valence-electron chi connectivity index (χ2n) is 6.19. The van der Waals surface area contributed by atoms with Crippen molar-refractivity contribution in [1.29, 1.82) is 0 Å². The van der Waals surface area contributed by atoms with Gasteiger partial charge in [0, 0.05) is 18.6 Å². The van der Waals surface area contributed by atoms with Crippen molar-refractivity contribution < 1.29 is 17.9 Å². The Hall–Kier alpha value is -2.25. The fourth-order valence-electron chi connectivity index (χ4n) is 2.83. The van der Waals surface area contributed by atoms with Crippen molar-refractivity contribution in [3.05, 3.63) is 59.1 Å². The molecule has 138 valence electrons. The summed E-state index contributed by atoms with van der Waals surface area (Å²) < 4.78 is 31.3. The first kappa shape index (κ1) is 18.5. The number of hydrogen-bond acceptors (Lipinski definition) is 4. The molecule has 8 heteroatoms. The van der Waals surface area contributed by atoms with Crippen LogP contribution in [-0.2, 0) is 21.4 Å². The van der Waals surface area contributed by atoms with Crippen LogP contribution < -0.4 is 9.04 Å². The van der Waals surface area contributed by atoms with Crippen LogP contribution in [0.15, 0.2) is 48.5 Å². The van der Waals surface area contributed by atoms with Gasteiger partial charge in [-0.3, -0.25) is 9.10 Å². The van der Waals surface area contributed by atoms with Gasteiger partial charge in [0.15, 0.2) is 6.10 Å². The number of hydrogen-bond donors (Lipinski definition) is 0. The smallest absolute Gasteiger partial charge is 0.265 e. The third-order valence-corrected chi connectivity index (χ3v) is 5.52. The fraction of sp³-hybridized carbons (Fsp3) is 0.278. The Bertz CT molecular complexity index is 915. The van der Waals surface area contributed by atoms with Gasteiger partial charge >= 0.3 is 0 Å². The number of sulfonamides is 1. The Balaban J connectivity index is 1.80. The molecular weight excluding hydrogens is 376 g/mol. The van der Waals surface area contributed by atoms with Crippen LogP contribution in [0.25, 0.3) is 0 Å². The van der Waals surface area contributed by atoms with E-state index < -0.39 is 16.1 Å². The number of rotatable bonds is 4. The van der Waals surface area contributed by atoms with E-state index in [2.05, 4.69) is 0 Å². The number of fused-ring (bicyclic) bond motifs is 1. The van der Waals surface area contributed by atoms with Crippen LogP contribution in [0.1, 0.15) is 5.56 Å². The molecule has 0 radical (unpaired) electrons. The third kappa shape index (κ3) is 3.94. The molecule has 2 aromatic carbocycles. The predicted molar refractivity (Wildman–Crippen MR) is 101 cm³/mol. The van der Waals surface area contributed by atoms with Crippen LogP contribution >= 0.6 is 11.6 Å². The highest BCUT2D eigenvalue weighted by Crippen LogP contribution is 2.34. The zero-order valence-corrected chi connectivity index (χ0v) is 16.0. The minimum absolute atomic E-state index is 0.0559. The number of carbonyl (C=O) groups excluding carboxylic acids is 1. The maximum atomic E-state index is 12.8. The maximum absolute atomic E-state index is 12.8. The molecule has 0 aromatic heterocycles. The topological polar surface area (TPSA) is 66.9 Å². The van der Waals surface area contributed by atoms with E-state index in [0.29, 0.717) is 23.0 Å². The van der Waals surface area contributed by atoms with E-state index in [9.17, 15) is 13.2 Å². The van der Waals surface area contributed by atoms with Crippen molar-refractivity contribution in [2.24, 2.45) is 0 Å². The zero-order valence-electron chi connectivity index (χ0n) is 14.4. The molecule has 0 unspecified atom stereocenters. The molecule has 2 aromatic rings. The Morgan fingerprint density at radius 1 is 1.23 bits per heavy atom. The first-order valence-corrected chi connectivity index (χ1v) is 10.2. The number of amides is 1. The number of carbonyl (C=O) groups is 1. The fourth-order valence-corrected chi connectivity index (χ4v) is 3.87. The predicted octanol–water partition coefficient (Wildman–Crippen LogP) is 2.53. The van der Waals surface area contributed by atoms with Gasteiger partial charge in [-0.05, 0) is 29.8 Å². The highest BCUT2D eigenvalue weighted by Gasteiger charge is 2.36. The quantitative estimate of drug-likeness (QED) is 0.799. The maximum Gasteiger partial charge on any atom is 0.265 e. The second kappa shape index (κ2) is 7.17. The van der Waals surface area contributed by atoms with Gasteiger partial charge in [-0.25, -0.2) is 8.42 Å². The van der Waals surface area contributed by atoms with Crippen molar-refractivity contribution in [1.82, 2.24) is 4.90 Å². The summed E-state index contributed by atoms with van der Waals surface area (Å²) in [5.74, 6) is 0.0884. The molecule has 0 bridgehead atoms.